The van der Waals surface area contributed by atoms with Gasteiger partial charge in [0.15, 0.2) is 0 Å². The number of nitrogens with zero attached hydrogens (tertiary/aromatic N) is 1. The van der Waals surface area contributed by atoms with Crippen LogP contribution >= 0.6 is 22.6 Å². The van der Waals surface area contributed by atoms with Gasteiger partial charge in [0.1, 0.15) is 0 Å². The molecule has 0 bridgehead atoms. The van der Waals surface area contributed by atoms with E-state index in [2.05, 4.69) is 53.6 Å². The highest BCUT2D eigenvalue weighted by molar-refractivity contribution is 14.1. The van der Waals surface area contributed by atoms with E-state index in [0.29, 0.717) is 9.59 Å². The van der Waals surface area contributed by atoms with Gasteiger partial charge in [0.05, 0.1) is 3.55 Å². The molecule has 1 atom stereocenters. The van der Waals surface area contributed by atoms with Crippen LogP contribution in [0.5, 0.6) is 0 Å². The van der Waals surface area contributed by atoms with E-state index in [1.807, 2.05) is 0 Å². The number of hydrogen-bond acceptors (Lipinski definition) is 2. The Bertz CT molecular complexity index is 134. The van der Waals surface area contributed by atoms with Crippen molar-refractivity contribution in [1.82, 2.24) is 10.2 Å². The van der Waals surface area contributed by atoms with Gasteiger partial charge in [-0.05, 0) is 20.8 Å². The van der Waals surface area contributed by atoms with E-state index in [1.165, 1.54) is 6.54 Å². The summed E-state index contributed by atoms with van der Waals surface area (Å²) in [4.78, 5) is 2.55. The third-order valence-corrected chi connectivity index (χ3v) is 3.20. The van der Waals surface area contributed by atoms with Crippen LogP contribution in [0.4, 0.5) is 0 Å². The van der Waals surface area contributed by atoms with E-state index in [0.717, 1.165) is 13.1 Å². The summed E-state index contributed by atoms with van der Waals surface area (Å²) in [7, 11) is 0. The molecule has 0 radical (unpaired) electrons. The zero-order valence-electron chi connectivity index (χ0n) is 7.52. The number of nitrogens with one attached hydrogen (secondary N) is 1. The van der Waals surface area contributed by atoms with Gasteiger partial charge in [0.2, 0.25) is 0 Å². The van der Waals surface area contributed by atoms with E-state index in [9.17, 15) is 0 Å². The van der Waals surface area contributed by atoms with Gasteiger partial charge in [0.25, 0.3) is 0 Å². The second kappa shape index (κ2) is 3.58. The molecule has 0 aromatic carbocycles. The minimum Gasteiger partial charge on any atom is -0.313 e. The fourth-order valence-electron chi connectivity index (χ4n) is 1.65. The summed E-state index contributed by atoms with van der Waals surface area (Å²) in [6, 6.07) is 0.666. The van der Waals surface area contributed by atoms with Crippen LogP contribution in [-0.4, -0.2) is 34.1 Å². The van der Waals surface area contributed by atoms with E-state index >= 15 is 0 Å². The van der Waals surface area contributed by atoms with Crippen molar-refractivity contribution in [2.75, 3.05) is 19.6 Å². The molecule has 1 saturated heterocycles. The molecule has 1 fully saturated rings. The van der Waals surface area contributed by atoms with E-state index in [1.54, 1.807) is 0 Å². The fraction of sp³-hybridized carbons (Fsp3) is 1.00. The molecule has 1 aliphatic rings. The maximum absolute atomic E-state index is 3.41. The lowest BCUT2D eigenvalue weighted by Gasteiger charge is -2.43. The third-order valence-electron chi connectivity index (χ3n) is 2.20. The Morgan fingerprint density at radius 3 is 2.55 bits per heavy atom. The quantitative estimate of drug-likeness (QED) is 0.440. The van der Waals surface area contributed by atoms with Crippen LogP contribution in [-0.2, 0) is 0 Å². The molecule has 3 heteroatoms. The third kappa shape index (κ3) is 2.29. The number of rotatable bonds is 1. The van der Waals surface area contributed by atoms with Crippen LogP contribution in [0.15, 0.2) is 0 Å². The first kappa shape index (κ1) is 9.74. The van der Waals surface area contributed by atoms with E-state index in [4.69, 9.17) is 0 Å². The molecule has 0 aromatic rings. The molecule has 2 nitrogen and oxygen atoms in total. The van der Waals surface area contributed by atoms with Gasteiger partial charge >= 0.3 is 0 Å². The topological polar surface area (TPSA) is 15.3 Å². The number of alkyl halides is 1. The molecule has 66 valence electrons. The number of halogens is 1. The first-order chi connectivity index (χ1) is 5.04. The number of piperazine rings is 1. The van der Waals surface area contributed by atoms with Crippen molar-refractivity contribution < 1.29 is 0 Å². The molecule has 1 N–H and O–H groups in total. The molecule has 1 aliphatic heterocycles. The number of hydrogen-bond donors (Lipinski definition) is 1. The second-order valence-corrected chi connectivity index (χ2v) is 5.93. The van der Waals surface area contributed by atoms with E-state index in [-0.39, 0.29) is 0 Å². The summed E-state index contributed by atoms with van der Waals surface area (Å²) < 4.78 is 0.310. The standard InChI is InChI=1S/C8H17IN2/c1-7(2)11-5-4-10-6-8(11,3)9/h7,10H,4-6H2,1-3H3. The fourth-order valence-corrected chi connectivity index (χ4v) is 2.72. The van der Waals surface area contributed by atoms with Crippen LogP contribution < -0.4 is 5.32 Å². The normalized spacial score (nSPS) is 34.6. The predicted octanol–water partition coefficient (Wildman–Crippen LogP) is 1.45. The zero-order valence-corrected chi connectivity index (χ0v) is 9.68. The van der Waals surface area contributed by atoms with Crippen LogP contribution in [0.2, 0.25) is 0 Å². The Morgan fingerprint density at radius 2 is 2.18 bits per heavy atom. The van der Waals surface area contributed by atoms with Gasteiger partial charge < -0.3 is 5.32 Å². The second-order valence-electron chi connectivity index (χ2n) is 3.61. The van der Waals surface area contributed by atoms with Gasteiger partial charge in [-0.3, -0.25) is 4.90 Å². The van der Waals surface area contributed by atoms with Crippen LogP contribution in [0.1, 0.15) is 20.8 Å². The summed E-state index contributed by atoms with van der Waals surface area (Å²) >= 11 is 2.53. The van der Waals surface area contributed by atoms with Crippen LogP contribution in [0, 0.1) is 0 Å². The molecule has 0 aromatic heterocycles. The van der Waals surface area contributed by atoms with Crippen molar-refractivity contribution in [2.24, 2.45) is 0 Å². The molecule has 0 saturated carbocycles. The van der Waals surface area contributed by atoms with Gasteiger partial charge in [-0.25, -0.2) is 0 Å². The molecular formula is C8H17IN2. The Kier molecular flexibility index (Phi) is 3.17. The molecule has 1 heterocycles. The highest BCUT2D eigenvalue weighted by atomic mass is 127. The summed E-state index contributed by atoms with van der Waals surface area (Å²) in [5.41, 5.74) is 0. The summed E-state index contributed by atoms with van der Waals surface area (Å²) in [5.74, 6) is 0. The molecule has 1 rings (SSSR count). The van der Waals surface area contributed by atoms with Gasteiger partial charge in [-0.15, -0.1) is 0 Å². The van der Waals surface area contributed by atoms with Crippen molar-refractivity contribution in [1.29, 1.82) is 0 Å². The molecule has 11 heavy (non-hydrogen) atoms. The highest BCUT2D eigenvalue weighted by Gasteiger charge is 2.32. The van der Waals surface area contributed by atoms with Crippen molar-refractivity contribution in [3.63, 3.8) is 0 Å². The summed E-state index contributed by atoms with van der Waals surface area (Å²) in [6.45, 7) is 10.2. The summed E-state index contributed by atoms with van der Waals surface area (Å²) in [5, 5.41) is 3.41. The maximum Gasteiger partial charge on any atom is 0.0830 e. The Balaban J connectivity index is 2.60. The van der Waals surface area contributed by atoms with Crippen molar-refractivity contribution in [2.45, 2.75) is 30.4 Å². The Hall–Kier alpha value is 0.650. The average Bonchev–Trinajstić information content (AvgIpc) is 1.85. The Morgan fingerprint density at radius 1 is 1.55 bits per heavy atom. The van der Waals surface area contributed by atoms with Gasteiger partial charge in [-0.1, -0.05) is 22.6 Å². The summed E-state index contributed by atoms with van der Waals surface area (Å²) in [6.07, 6.45) is 0. The smallest absolute Gasteiger partial charge is 0.0830 e. The first-order valence-corrected chi connectivity index (χ1v) is 5.28. The van der Waals surface area contributed by atoms with E-state index < -0.39 is 0 Å². The van der Waals surface area contributed by atoms with Crippen LogP contribution in [0.3, 0.4) is 0 Å². The van der Waals surface area contributed by atoms with Crippen LogP contribution in [0.25, 0.3) is 0 Å². The highest BCUT2D eigenvalue weighted by Crippen LogP contribution is 2.26. The predicted molar refractivity (Wildman–Crippen MR) is 57.1 cm³/mol. The molecule has 1 unspecified atom stereocenters. The van der Waals surface area contributed by atoms with Crippen molar-refractivity contribution in [3.05, 3.63) is 0 Å². The lowest BCUT2D eigenvalue weighted by atomic mass is 10.2. The monoisotopic (exact) mass is 268 g/mol. The minimum atomic E-state index is 0.310. The van der Waals surface area contributed by atoms with Gasteiger partial charge in [-0.2, -0.15) is 0 Å². The van der Waals surface area contributed by atoms with Gasteiger partial charge in [0, 0.05) is 25.7 Å². The zero-order chi connectivity index (χ0) is 8.48. The maximum atomic E-state index is 3.41. The lowest BCUT2D eigenvalue weighted by molar-refractivity contribution is 0.123. The Labute approximate surface area is 82.9 Å². The van der Waals surface area contributed by atoms with Crippen molar-refractivity contribution in [3.8, 4) is 0 Å². The minimum absolute atomic E-state index is 0.310. The van der Waals surface area contributed by atoms with Crippen molar-refractivity contribution >= 4 is 22.6 Å². The molecule has 0 amide bonds. The molecule has 0 aliphatic carbocycles. The first-order valence-electron chi connectivity index (χ1n) is 4.20. The molecular weight excluding hydrogens is 251 g/mol. The lowest BCUT2D eigenvalue weighted by Crippen LogP contribution is -2.58. The molecule has 0 spiro atoms. The SMILES string of the molecule is CC(C)N1CCNCC1(C)I. The average molecular weight is 268 g/mol. The largest absolute Gasteiger partial charge is 0.313 e.